The summed E-state index contributed by atoms with van der Waals surface area (Å²) in [4.78, 5) is 11.3. The van der Waals surface area contributed by atoms with Crippen LogP contribution in [0.5, 0.6) is 5.75 Å². The number of aromatic hydroxyl groups is 1. The number of ether oxygens (including phenoxy) is 1. The molecule has 2 atom stereocenters. The minimum Gasteiger partial charge on any atom is -0.506 e. The molecule has 2 aliphatic rings. The van der Waals surface area contributed by atoms with E-state index in [4.69, 9.17) is 10.5 Å². The van der Waals surface area contributed by atoms with Crippen LogP contribution in [-0.4, -0.2) is 44.7 Å². The van der Waals surface area contributed by atoms with Gasteiger partial charge in [0.15, 0.2) is 5.82 Å². The third-order valence-electron chi connectivity index (χ3n) is 4.04. The zero-order valence-corrected chi connectivity index (χ0v) is 13.6. The van der Waals surface area contributed by atoms with Gasteiger partial charge in [-0.15, -0.1) is 0 Å². The molecule has 0 saturated carbocycles. The Morgan fingerprint density at radius 2 is 2.21 bits per heavy atom. The number of benzene rings is 1. The number of amides is 1. The lowest BCUT2D eigenvalue weighted by Crippen LogP contribution is -2.35. The summed E-state index contributed by atoms with van der Waals surface area (Å²) < 4.78 is 45.8. The summed E-state index contributed by atoms with van der Waals surface area (Å²) >= 11 is 0. The normalized spacial score (nSPS) is 26.4. The molecule has 0 bridgehead atoms. The second kappa shape index (κ2) is 6.19. The SMILES string of the molecule is NC1CCOC(Cc2cc(O)c(N3CC(=O)NS3(=O)=O)c(F)c2)C1. The Labute approximate surface area is 138 Å². The van der Waals surface area contributed by atoms with Gasteiger partial charge in [0.2, 0.25) is 0 Å². The summed E-state index contributed by atoms with van der Waals surface area (Å²) in [6, 6.07) is 2.44. The maximum atomic E-state index is 14.4. The minimum atomic E-state index is -4.19. The molecule has 10 heteroatoms. The predicted octanol–water partition coefficient (Wildman–Crippen LogP) is -0.239. The number of carbonyl (C=O) groups is 1. The number of nitrogens with one attached hydrogen (secondary N) is 1. The first-order chi connectivity index (χ1) is 11.3. The number of carbonyl (C=O) groups excluding carboxylic acids is 1. The van der Waals surface area contributed by atoms with E-state index in [-0.39, 0.29) is 12.1 Å². The molecule has 0 spiro atoms. The lowest BCUT2D eigenvalue weighted by molar-refractivity contribution is -0.117. The average Bonchev–Trinajstić information content (AvgIpc) is 2.71. The molecular formula is C14H18FN3O5S. The van der Waals surface area contributed by atoms with Crippen LogP contribution in [0.25, 0.3) is 0 Å². The highest BCUT2D eigenvalue weighted by Crippen LogP contribution is 2.35. The number of phenols is 1. The second-order valence-electron chi connectivity index (χ2n) is 5.96. The summed E-state index contributed by atoms with van der Waals surface area (Å²) in [7, 11) is -4.19. The van der Waals surface area contributed by atoms with E-state index < -0.39 is 39.9 Å². The maximum Gasteiger partial charge on any atom is 0.326 e. The van der Waals surface area contributed by atoms with Crippen LogP contribution in [0.4, 0.5) is 10.1 Å². The van der Waals surface area contributed by atoms with Crippen LogP contribution >= 0.6 is 0 Å². The zero-order chi connectivity index (χ0) is 17.5. The van der Waals surface area contributed by atoms with Crippen molar-refractivity contribution in [3.05, 3.63) is 23.5 Å². The van der Waals surface area contributed by atoms with Gasteiger partial charge in [-0.1, -0.05) is 0 Å². The Hall–Kier alpha value is -1.91. The highest BCUT2D eigenvalue weighted by Gasteiger charge is 2.37. The van der Waals surface area contributed by atoms with Gasteiger partial charge < -0.3 is 15.6 Å². The molecule has 3 rings (SSSR count). The number of anilines is 1. The number of hydrogen-bond donors (Lipinski definition) is 3. The zero-order valence-electron chi connectivity index (χ0n) is 12.7. The minimum absolute atomic E-state index is 0.0216. The summed E-state index contributed by atoms with van der Waals surface area (Å²) in [6.45, 7) is -0.0507. The molecule has 1 amide bonds. The fraction of sp³-hybridized carbons (Fsp3) is 0.500. The van der Waals surface area contributed by atoms with Crippen molar-refractivity contribution in [1.29, 1.82) is 0 Å². The monoisotopic (exact) mass is 359 g/mol. The van der Waals surface area contributed by atoms with E-state index >= 15 is 0 Å². The molecule has 4 N–H and O–H groups in total. The highest BCUT2D eigenvalue weighted by molar-refractivity contribution is 7.92. The molecule has 0 aromatic heterocycles. The Bertz CT molecular complexity index is 747. The molecule has 1 aromatic carbocycles. The van der Waals surface area contributed by atoms with Crippen molar-refractivity contribution in [3.63, 3.8) is 0 Å². The van der Waals surface area contributed by atoms with Crippen LogP contribution in [-0.2, 0) is 26.2 Å². The van der Waals surface area contributed by atoms with Gasteiger partial charge in [0, 0.05) is 12.6 Å². The van der Waals surface area contributed by atoms with Crippen LogP contribution in [0, 0.1) is 5.82 Å². The smallest absolute Gasteiger partial charge is 0.326 e. The van der Waals surface area contributed by atoms with Crippen molar-refractivity contribution in [2.75, 3.05) is 17.5 Å². The first kappa shape index (κ1) is 16.9. The van der Waals surface area contributed by atoms with E-state index in [1.54, 1.807) is 4.72 Å². The first-order valence-corrected chi connectivity index (χ1v) is 8.92. The summed E-state index contributed by atoms with van der Waals surface area (Å²) in [5, 5.41) is 10.1. The first-order valence-electron chi connectivity index (χ1n) is 7.48. The summed E-state index contributed by atoms with van der Waals surface area (Å²) in [5.74, 6) is -2.27. The Kier molecular flexibility index (Phi) is 4.37. The quantitative estimate of drug-likeness (QED) is 0.685. The van der Waals surface area contributed by atoms with Crippen molar-refractivity contribution < 1.29 is 27.4 Å². The topological polar surface area (TPSA) is 122 Å². The van der Waals surface area contributed by atoms with E-state index in [0.717, 1.165) is 12.5 Å². The van der Waals surface area contributed by atoms with Crippen molar-refractivity contribution >= 4 is 21.8 Å². The van der Waals surface area contributed by atoms with Gasteiger partial charge in [-0.3, -0.25) is 4.79 Å². The van der Waals surface area contributed by atoms with E-state index in [1.807, 2.05) is 0 Å². The molecule has 2 fully saturated rings. The number of nitrogens with two attached hydrogens (primary N) is 1. The number of nitrogens with zero attached hydrogens (tertiary/aromatic N) is 1. The number of phenolic OH excluding ortho intramolecular Hbond substituents is 1. The van der Waals surface area contributed by atoms with E-state index in [9.17, 15) is 22.7 Å². The van der Waals surface area contributed by atoms with Crippen molar-refractivity contribution in [2.24, 2.45) is 5.73 Å². The average molecular weight is 359 g/mol. The van der Waals surface area contributed by atoms with Gasteiger partial charge in [-0.2, -0.15) is 8.42 Å². The predicted molar refractivity (Wildman–Crippen MR) is 83.1 cm³/mol. The number of rotatable bonds is 3. The molecule has 2 aliphatic heterocycles. The van der Waals surface area contributed by atoms with Crippen LogP contribution in [0.3, 0.4) is 0 Å². The van der Waals surface area contributed by atoms with E-state index in [2.05, 4.69) is 0 Å². The summed E-state index contributed by atoms with van der Waals surface area (Å²) in [6.07, 6.45) is 1.56. The maximum absolute atomic E-state index is 14.4. The largest absolute Gasteiger partial charge is 0.506 e. The van der Waals surface area contributed by atoms with Crippen molar-refractivity contribution in [1.82, 2.24) is 4.72 Å². The van der Waals surface area contributed by atoms with Crippen molar-refractivity contribution in [2.45, 2.75) is 31.4 Å². The Balaban J connectivity index is 1.85. The van der Waals surface area contributed by atoms with Crippen LogP contribution in [0.2, 0.25) is 0 Å². The van der Waals surface area contributed by atoms with E-state index in [0.29, 0.717) is 29.3 Å². The summed E-state index contributed by atoms with van der Waals surface area (Å²) in [5.41, 5.74) is 5.79. The molecular weight excluding hydrogens is 341 g/mol. The van der Waals surface area contributed by atoms with Gasteiger partial charge in [-0.05, 0) is 37.0 Å². The van der Waals surface area contributed by atoms with Gasteiger partial charge in [0.05, 0.1) is 6.10 Å². The van der Waals surface area contributed by atoms with Gasteiger partial charge in [0.25, 0.3) is 5.91 Å². The van der Waals surface area contributed by atoms with Gasteiger partial charge in [0.1, 0.15) is 18.0 Å². The third kappa shape index (κ3) is 3.30. The fourth-order valence-corrected chi connectivity index (χ4v) is 4.14. The molecule has 2 saturated heterocycles. The Morgan fingerprint density at radius 1 is 1.46 bits per heavy atom. The fourth-order valence-electron chi connectivity index (χ4n) is 2.96. The second-order valence-corrected chi connectivity index (χ2v) is 7.56. The number of halogens is 1. The molecule has 24 heavy (non-hydrogen) atoms. The molecule has 8 nitrogen and oxygen atoms in total. The van der Waals surface area contributed by atoms with Crippen LogP contribution < -0.4 is 14.8 Å². The molecule has 0 aliphatic carbocycles. The third-order valence-corrected chi connectivity index (χ3v) is 5.42. The highest BCUT2D eigenvalue weighted by atomic mass is 32.2. The van der Waals surface area contributed by atoms with Gasteiger partial charge >= 0.3 is 10.2 Å². The van der Waals surface area contributed by atoms with E-state index in [1.165, 1.54) is 6.07 Å². The molecule has 2 unspecified atom stereocenters. The Morgan fingerprint density at radius 3 is 2.79 bits per heavy atom. The van der Waals surface area contributed by atoms with Crippen LogP contribution in [0.1, 0.15) is 18.4 Å². The lowest BCUT2D eigenvalue weighted by atomic mass is 9.98. The standard InChI is InChI=1S/C14H18FN3O5S/c15-11-4-8(3-10-6-9(16)1-2-23-10)5-12(19)14(11)18-7-13(20)17-24(18,21)22/h4-5,9-10,19H,1-3,6-7,16H2,(H,17,20). The number of hydrogen-bond acceptors (Lipinski definition) is 6. The lowest BCUT2D eigenvalue weighted by Gasteiger charge is -2.27. The van der Waals surface area contributed by atoms with Crippen LogP contribution in [0.15, 0.2) is 12.1 Å². The molecule has 1 aromatic rings. The molecule has 132 valence electrons. The molecule has 2 heterocycles. The molecule has 0 radical (unpaired) electrons. The van der Waals surface area contributed by atoms with Crippen molar-refractivity contribution in [3.8, 4) is 5.75 Å². The van der Waals surface area contributed by atoms with Gasteiger partial charge in [-0.25, -0.2) is 13.4 Å².